The van der Waals surface area contributed by atoms with Crippen molar-refractivity contribution in [3.8, 4) is 0 Å². The molecule has 1 unspecified atom stereocenters. The van der Waals surface area contributed by atoms with Crippen LogP contribution >= 0.6 is 0 Å². The first-order valence-corrected chi connectivity index (χ1v) is 5.59. The van der Waals surface area contributed by atoms with Gasteiger partial charge in [0.15, 0.2) is 0 Å². The normalized spacial score (nSPS) is 11.1. The maximum absolute atomic E-state index is 11.5. The van der Waals surface area contributed by atoms with E-state index in [9.17, 15) is 4.79 Å². The largest absolute Gasteiger partial charge is 0.466 e. The van der Waals surface area contributed by atoms with E-state index in [-0.39, 0.29) is 11.9 Å². The minimum atomic E-state index is -0.211. The van der Waals surface area contributed by atoms with Crippen LogP contribution in [0.25, 0.3) is 0 Å². The second-order valence-corrected chi connectivity index (χ2v) is 3.42. The van der Waals surface area contributed by atoms with Crippen molar-refractivity contribution >= 4 is 5.97 Å². The van der Waals surface area contributed by atoms with Crippen molar-refractivity contribution in [1.29, 1.82) is 0 Å². The van der Waals surface area contributed by atoms with Crippen LogP contribution in [0.2, 0.25) is 0 Å². The van der Waals surface area contributed by atoms with E-state index >= 15 is 0 Å². The number of aliphatic hydroxyl groups is 1. The fraction of sp³-hybridized carbons (Fsp3) is 0.462. The summed E-state index contributed by atoms with van der Waals surface area (Å²) in [7, 11) is 1.00. The first-order valence-electron chi connectivity index (χ1n) is 5.59. The summed E-state index contributed by atoms with van der Waals surface area (Å²) in [5.74, 6) is -0.394. The maximum atomic E-state index is 11.5. The fourth-order valence-electron chi connectivity index (χ4n) is 1.35. The zero-order chi connectivity index (χ0) is 13.3. The highest BCUT2D eigenvalue weighted by molar-refractivity contribution is 5.77. The van der Waals surface area contributed by atoms with Crippen molar-refractivity contribution in [2.24, 2.45) is 5.73 Å². The first kappa shape index (κ1) is 15.6. The Hall–Kier alpha value is -1.39. The monoisotopic (exact) mass is 239 g/mol. The molecular weight excluding hydrogens is 218 g/mol. The lowest BCUT2D eigenvalue weighted by molar-refractivity contribution is -0.144. The number of rotatable bonds is 4. The molecule has 96 valence electrons. The van der Waals surface area contributed by atoms with Gasteiger partial charge in [0.05, 0.1) is 12.5 Å². The number of esters is 1. The van der Waals surface area contributed by atoms with Crippen LogP contribution in [0.1, 0.15) is 30.9 Å². The zero-order valence-corrected chi connectivity index (χ0v) is 10.6. The zero-order valence-electron chi connectivity index (χ0n) is 10.6. The molecule has 4 nitrogen and oxygen atoms in total. The van der Waals surface area contributed by atoms with Gasteiger partial charge in [-0.15, -0.1) is 0 Å². The third kappa shape index (κ3) is 4.97. The van der Waals surface area contributed by atoms with Gasteiger partial charge in [0.1, 0.15) is 0 Å². The Kier molecular flexibility index (Phi) is 8.01. The summed E-state index contributed by atoms with van der Waals surface area (Å²) in [4.78, 5) is 11.5. The molecule has 1 aromatic rings. The van der Waals surface area contributed by atoms with E-state index in [4.69, 9.17) is 15.6 Å². The molecule has 1 atom stereocenters. The molecule has 0 aliphatic carbocycles. The van der Waals surface area contributed by atoms with Gasteiger partial charge in [-0.3, -0.25) is 4.79 Å². The molecule has 0 heterocycles. The molecule has 0 aliphatic heterocycles. The smallest absolute Gasteiger partial charge is 0.313 e. The summed E-state index contributed by atoms with van der Waals surface area (Å²) in [6.07, 6.45) is 0. The molecule has 0 bridgehead atoms. The number of ether oxygens (including phenoxy) is 1. The molecular formula is C13H21NO3. The van der Waals surface area contributed by atoms with Crippen LogP contribution in [-0.4, -0.2) is 24.8 Å². The summed E-state index contributed by atoms with van der Waals surface area (Å²) in [6, 6.07) is 7.71. The van der Waals surface area contributed by atoms with E-state index in [0.717, 1.165) is 18.2 Å². The number of aliphatic hydroxyl groups excluding tert-OH is 1. The summed E-state index contributed by atoms with van der Waals surface area (Å²) in [5, 5.41) is 7.00. The number of hydrogen-bond acceptors (Lipinski definition) is 4. The van der Waals surface area contributed by atoms with Gasteiger partial charge in [-0.05, 0) is 25.0 Å². The van der Waals surface area contributed by atoms with Crippen LogP contribution < -0.4 is 5.73 Å². The first-order chi connectivity index (χ1) is 8.19. The molecule has 0 aliphatic rings. The van der Waals surface area contributed by atoms with Crippen LogP contribution in [-0.2, 0) is 16.1 Å². The van der Waals surface area contributed by atoms with Crippen molar-refractivity contribution in [3.63, 3.8) is 0 Å². The molecule has 1 aromatic carbocycles. The molecule has 0 aromatic heterocycles. The summed E-state index contributed by atoms with van der Waals surface area (Å²) < 4.78 is 4.95. The van der Waals surface area contributed by atoms with Crippen molar-refractivity contribution in [3.05, 3.63) is 35.4 Å². The Morgan fingerprint density at radius 2 is 1.88 bits per heavy atom. The van der Waals surface area contributed by atoms with Crippen LogP contribution in [0.15, 0.2) is 24.3 Å². The summed E-state index contributed by atoms with van der Waals surface area (Å²) in [5.41, 5.74) is 7.52. The molecule has 0 spiro atoms. The van der Waals surface area contributed by atoms with E-state index in [0.29, 0.717) is 13.2 Å². The standard InChI is InChI=1S/C12H17NO2.CH4O/c1-3-15-12(14)9(2)11-6-4-10(8-13)5-7-11;1-2/h4-7,9H,3,8,13H2,1-2H3;2H,1H3. The van der Waals surface area contributed by atoms with Crippen LogP contribution in [0.4, 0.5) is 0 Å². The van der Waals surface area contributed by atoms with Gasteiger partial charge in [-0.25, -0.2) is 0 Å². The average molecular weight is 239 g/mol. The average Bonchev–Trinajstić information content (AvgIpc) is 2.40. The van der Waals surface area contributed by atoms with Gasteiger partial charge < -0.3 is 15.6 Å². The SMILES string of the molecule is CCOC(=O)C(C)c1ccc(CN)cc1.CO. The lowest BCUT2D eigenvalue weighted by Crippen LogP contribution is -2.13. The van der Waals surface area contributed by atoms with Gasteiger partial charge in [-0.2, -0.15) is 0 Å². The highest BCUT2D eigenvalue weighted by Gasteiger charge is 2.15. The highest BCUT2D eigenvalue weighted by Crippen LogP contribution is 2.17. The van der Waals surface area contributed by atoms with Crippen molar-refractivity contribution in [2.75, 3.05) is 13.7 Å². The second-order valence-electron chi connectivity index (χ2n) is 3.42. The van der Waals surface area contributed by atoms with E-state index in [1.807, 2.05) is 38.1 Å². The molecule has 0 amide bonds. The van der Waals surface area contributed by atoms with E-state index in [1.54, 1.807) is 0 Å². The van der Waals surface area contributed by atoms with Crippen LogP contribution in [0, 0.1) is 0 Å². The molecule has 0 saturated carbocycles. The quantitative estimate of drug-likeness (QED) is 0.779. The molecule has 17 heavy (non-hydrogen) atoms. The molecule has 0 saturated heterocycles. The molecule has 3 N–H and O–H groups in total. The third-order valence-corrected chi connectivity index (χ3v) is 2.36. The molecule has 0 fully saturated rings. The minimum absolute atomic E-state index is 0.182. The van der Waals surface area contributed by atoms with Crippen LogP contribution in [0.5, 0.6) is 0 Å². The Morgan fingerprint density at radius 3 is 2.29 bits per heavy atom. The van der Waals surface area contributed by atoms with Crippen molar-refractivity contribution < 1.29 is 14.6 Å². The summed E-state index contributed by atoms with van der Waals surface area (Å²) >= 11 is 0. The van der Waals surface area contributed by atoms with Gasteiger partial charge in [0.25, 0.3) is 0 Å². The van der Waals surface area contributed by atoms with E-state index in [1.165, 1.54) is 0 Å². The van der Waals surface area contributed by atoms with Gasteiger partial charge in [0.2, 0.25) is 0 Å². The predicted molar refractivity (Wildman–Crippen MR) is 67.5 cm³/mol. The molecule has 1 rings (SSSR count). The Labute approximate surface area is 102 Å². The number of nitrogens with two attached hydrogens (primary N) is 1. The minimum Gasteiger partial charge on any atom is -0.466 e. The Bertz CT molecular complexity index is 322. The van der Waals surface area contributed by atoms with Gasteiger partial charge in [-0.1, -0.05) is 24.3 Å². The second kappa shape index (κ2) is 8.73. The molecule has 0 radical (unpaired) electrons. The van der Waals surface area contributed by atoms with Crippen LogP contribution in [0.3, 0.4) is 0 Å². The lowest BCUT2D eigenvalue weighted by atomic mass is 10.00. The summed E-state index contributed by atoms with van der Waals surface area (Å²) in [6.45, 7) is 4.59. The number of hydrogen-bond donors (Lipinski definition) is 2. The predicted octanol–water partition coefficient (Wildman–Crippen LogP) is 1.42. The molecule has 4 heteroatoms. The number of benzene rings is 1. The van der Waals surface area contributed by atoms with Gasteiger partial charge >= 0.3 is 5.97 Å². The van der Waals surface area contributed by atoms with Crippen molar-refractivity contribution in [2.45, 2.75) is 26.3 Å². The Morgan fingerprint density at radius 1 is 1.35 bits per heavy atom. The number of carbonyl (C=O) groups is 1. The topological polar surface area (TPSA) is 72.5 Å². The lowest BCUT2D eigenvalue weighted by Gasteiger charge is -2.10. The third-order valence-electron chi connectivity index (χ3n) is 2.36. The Balaban J connectivity index is 0.00000121. The highest BCUT2D eigenvalue weighted by atomic mass is 16.5. The van der Waals surface area contributed by atoms with Crippen molar-refractivity contribution in [1.82, 2.24) is 0 Å². The van der Waals surface area contributed by atoms with Gasteiger partial charge in [0, 0.05) is 13.7 Å². The fourth-order valence-corrected chi connectivity index (χ4v) is 1.35. The van der Waals surface area contributed by atoms with E-state index in [2.05, 4.69) is 0 Å². The maximum Gasteiger partial charge on any atom is 0.313 e. The number of carbonyl (C=O) groups excluding carboxylic acids is 1. The van der Waals surface area contributed by atoms with E-state index < -0.39 is 0 Å².